The lowest BCUT2D eigenvalue weighted by molar-refractivity contribution is -0.199. The van der Waals surface area contributed by atoms with Crippen LogP contribution in [0.25, 0.3) is 0 Å². The van der Waals surface area contributed by atoms with Gasteiger partial charge in [-0.3, -0.25) is 0 Å². The summed E-state index contributed by atoms with van der Waals surface area (Å²) in [5.74, 6) is 6.90. The van der Waals surface area contributed by atoms with Crippen molar-refractivity contribution < 1.29 is 75.1 Å². The molecule has 12 saturated carbocycles. The molecule has 8 aromatic rings. The topological polar surface area (TPSA) is 148 Å². The van der Waals surface area contributed by atoms with Crippen LogP contribution in [0.4, 0.5) is 0 Å². The molecular formula is C96H100B4O16. The van der Waals surface area contributed by atoms with Crippen molar-refractivity contribution in [3.05, 3.63) is 212 Å². The van der Waals surface area contributed by atoms with Gasteiger partial charge in [-0.05, 0) is 216 Å². The Morgan fingerprint density at radius 2 is 0.414 bits per heavy atom. The molecular weight excluding hydrogens is 1450 g/mol. The van der Waals surface area contributed by atoms with E-state index in [0.717, 1.165) is 114 Å². The highest BCUT2D eigenvalue weighted by molar-refractivity contribution is 6.63. The maximum atomic E-state index is 7.20. The molecule has 12 aliphatic carbocycles. The first-order chi connectivity index (χ1) is 55.8. The van der Waals surface area contributed by atoms with E-state index >= 15 is 0 Å². The van der Waals surface area contributed by atoms with E-state index in [1.807, 2.05) is 0 Å². The quantitative estimate of drug-likeness (QED) is 0.133. The van der Waals surface area contributed by atoms with Crippen LogP contribution in [-0.4, -0.2) is 102 Å². The van der Waals surface area contributed by atoms with Crippen LogP contribution in [0.2, 0.25) is 0 Å². The molecule has 16 fully saturated rings. The first kappa shape index (κ1) is 71.1. The van der Waals surface area contributed by atoms with Crippen molar-refractivity contribution in [1.82, 2.24) is 0 Å². The highest BCUT2D eigenvalue weighted by atomic mass is 16.7. The minimum Gasteiger partial charge on any atom is -0.457 e. The van der Waals surface area contributed by atoms with Gasteiger partial charge < -0.3 is 75.1 Å². The molecule has 592 valence electrons. The van der Waals surface area contributed by atoms with Crippen molar-refractivity contribution in [1.29, 1.82) is 0 Å². The smallest absolute Gasteiger partial charge is 0.457 e. The fraction of sp³-hybridized carbons (Fsp3) is 0.500. The Morgan fingerprint density at radius 3 is 0.586 bits per heavy atom. The third kappa shape index (κ3) is 9.67. The van der Waals surface area contributed by atoms with E-state index in [2.05, 4.69) is 229 Å². The van der Waals surface area contributed by atoms with Gasteiger partial charge in [-0.2, -0.15) is 0 Å². The molecule has 4 saturated heterocycles. The van der Waals surface area contributed by atoms with Crippen molar-refractivity contribution in [2.75, 3.05) is 27.2 Å². The largest absolute Gasteiger partial charge is 0.494 e. The fourth-order valence-electron chi connectivity index (χ4n) is 27.3. The van der Waals surface area contributed by atoms with E-state index in [4.69, 9.17) is 75.1 Å². The van der Waals surface area contributed by atoms with Crippen molar-refractivity contribution in [3.63, 3.8) is 0 Å². The summed E-state index contributed by atoms with van der Waals surface area (Å²) in [5, 5.41) is 0. The van der Waals surface area contributed by atoms with Crippen molar-refractivity contribution >= 4 is 50.3 Å². The van der Waals surface area contributed by atoms with Gasteiger partial charge in [0.15, 0.2) is 0 Å². The van der Waals surface area contributed by atoms with E-state index in [1.54, 1.807) is 0 Å². The van der Waals surface area contributed by atoms with Gasteiger partial charge in [0.25, 0.3) is 0 Å². The first-order valence-electron chi connectivity index (χ1n) is 43.3. The molecule has 8 bridgehead atoms. The standard InChI is InChI=1S/C96H100B4O16/c1-89(2)53-29-77(89)93(9)81(33-53)109-97(113-93)57-21-13-49(14-22-57)85-61-37-63-71-41-69(61)101-45-102-70-42-72-64(38-62(70)85)87(51-17-25-59(26-18-51)99-111-83-35-55-31-79(91(55,5)6)95(83,11)115-99)66-40-68-76(44-74(66)106-47-104-72)108-48-107-75-43-73(105-46-103-71)65(86(63)50-15-23-58(24-16-50)98-110-82-34-54-30-78(90(54,3)4)94(82,10)114-98)39-67(75)88(68)52-19-27-60(28-20-52)100-112-84-36-56-32-80(92(56,7)8)96(84,12)116-100/h13-28,37-44,53-56,77-88H,29-36,45-48H2,1-12H3/t53-,54-,55-,56-,77-,78-,79-,80-,81+,82+,83+,84+,85?,86?,87?,88?,93-,94-,95-,96-/m0/s1. The third-order valence-electron chi connectivity index (χ3n) is 34.7. The predicted octanol–water partition coefficient (Wildman–Crippen LogP) is 15.4. The lowest BCUT2D eigenvalue weighted by atomic mass is 9.43. The van der Waals surface area contributed by atoms with Gasteiger partial charge in [-0.15, -0.1) is 0 Å². The number of fused-ring (bicyclic) bond motifs is 8. The van der Waals surface area contributed by atoms with Crippen molar-refractivity contribution in [2.45, 2.75) is 205 Å². The molecule has 16 atom stereocenters. The minimum absolute atomic E-state index is 0.0149. The number of rotatable bonds is 8. The Labute approximate surface area is 681 Å². The van der Waals surface area contributed by atoms with Crippen LogP contribution in [0, 0.1) is 69.0 Å². The Kier molecular flexibility index (Phi) is 14.7. The van der Waals surface area contributed by atoms with Crippen LogP contribution < -0.4 is 59.7 Å². The summed E-state index contributed by atoms with van der Waals surface area (Å²) in [7, 11) is -2.11. The molecule has 20 heteroatoms. The molecule has 0 N–H and O–H groups in total. The van der Waals surface area contributed by atoms with Crippen LogP contribution >= 0.6 is 0 Å². The highest BCUT2D eigenvalue weighted by Crippen LogP contribution is 2.70. The van der Waals surface area contributed by atoms with Gasteiger partial charge in [-0.25, -0.2) is 0 Å². The minimum atomic E-state index is -0.528. The summed E-state index contributed by atoms with van der Waals surface area (Å²) in [6.45, 7) is 28.0. The number of hydrogen-bond acceptors (Lipinski definition) is 16. The average molecular weight is 1550 g/mol. The van der Waals surface area contributed by atoms with Gasteiger partial charge in [-0.1, -0.05) is 152 Å². The number of benzene rings is 8. The Hall–Kier alpha value is -7.90. The van der Waals surface area contributed by atoms with Crippen LogP contribution in [0.3, 0.4) is 0 Å². The van der Waals surface area contributed by atoms with E-state index in [1.165, 1.54) is 25.7 Å². The second-order valence-electron chi connectivity index (χ2n) is 40.9. The van der Waals surface area contributed by atoms with Crippen LogP contribution in [-0.2, 0) is 37.2 Å². The molecule has 8 aromatic carbocycles. The molecule has 0 amide bonds. The highest BCUT2D eigenvalue weighted by Gasteiger charge is 2.72. The summed E-state index contributed by atoms with van der Waals surface area (Å²) >= 11 is 0. The van der Waals surface area contributed by atoms with E-state index in [0.29, 0.717) is 93.3 Å². The summed E-state index contributed by atoms with van der Waals surface area (Å²) < 4.78 is 113. The van der Waals surface area contributed by atoms with Gasteiger partial charge in [0, 0.05) is 92.4 Å². The maximum Gasteiger partial charge on any atom is 0.494 e. The van der Waals surface area contributed by atoms with Gasteiger partial charge in [0.05, 0.1) is 46.8 Å². The number of hydrogen-bond donors (Lipinski definition) is 0. The van der Waals surface area contributed by atoms with Crippen molar-refractivity contribution in [2.24, 2.45) is 69.0 Å². The van der Waals surface area contributed by atoms with Gasteiger partial charge >= 0.3 is 28.5 Å². The molecule has 8 aliphatic heterocycles. The van der Waals surface area contributed by atoms with Gasteiger partial charge in [0.1, 0.15) is 46.0 Å². The lowest BCUT2D eigenvalue weighted by Crippen LogP contribution is -2.65. The molecule has 8 heterocycles. The molecule has 0 aromatic heterocycles. The zero-order valence-electron chi connectivity index (χ0n) is 68.4. The van der Waals surface area contributed by atoms with E-state index < -0.39 is 74.5 Å². The number of ether oxygens (including phenoxy) is 8. The van der Waals surface area contributed by atoms with Crippen LogP contribution in [0.1, 0.15) is 225 Å². The van der Waals surface area contributed by atoms with Crippen LogP contribution in [0.15, 0.2) is 146 Å². The average Bonchev–Trinajstić information content (AvgIpc) is 1.41. The maximum absolute atomic E-state index is 7.20. The monoisotopic (exact) mass is 1550 g/mol. The van der Waals surface area contributed by atoms with E-state index in [9.17, 15) is 0 Å². The molecule has 0 spiro atoms. The van der Waals surface area contributed by atoms with Crippen LogP contribution in [0.5, 0.6) is 46.0 Å². The molecule has 116 heavy (non-hydrogen) atoms. The zero-order chi connectivity index (χ0) is 78.2. The second kappa shape index (κ2) is 24.0. The summed E-state index contributed by atoms with van der Waals surface area (Å²) in [6.07, 6.45) is 8.71. The Bertz CT molecular complexity index is 4690. The normalized spacial score (nSPS) is 37.0. The van der Waals surface area contributed by atoms with Crippen molar-refractivity contribution in [3.8, 4) is 46.0 Å². The summed E-state index contributed by atoms with van der Waals surface area (Å²) in [6, 6.07) is 53.4. The summed E-state index contributed by atoms with van der Waals surface area (Å²) in [5.41, 5.74) is 14.5. The van der Waals surface area contributed by atoms with Gasteiger partial charge in [0.2, 0.25) is 27.2 Å². The van der Waals surface area contributed by atoms with E-state index in [-0.39, 0.29) is 73.2 Å². The fourth-order valence-corrected chi connectivity index (χ4v) is 27.3. The lowest BCUT2D eigenvalue weighted by Gasteiger charge is -2.64. The molecule has 28 rings (SSSR count). The second-order valence-corrected chi connectivity index (χ2v) is 40.9. The first-order valence-corrected chi connectivity index (χ1v) is 43.3. The molecule has 0 radical (unpaired) electrons. The Balaban J connectivity index is 0.698. The SMILES string of the molecule is CC1(C)[C@@H]2C[C@H]3OB(c4ccc(C5c6cc7c8cc6OCOc6cc9c(cc65)C(c5ccc(B6O[C@@H]%10C[C@@H]%11C[C@@H](C%11(C)C)[C@]%10(C)O6)cc5)c5cc6c(cc5OCO9)OCOc5cc(c(cc5C6c5ccc(B6O[C@@H]9C[C@@H]%10C[C@@H](C%10(C)C)[C@]9(C)O6)cc5)C7c5ccc(B6O[C@@H]7C[C@@H]9C[C@@H](C9(C)C)[C@]7(C)O6)cc5)OCO8)cc4)O[C@@]3(C)[C@H]1C2. The molecule has 0 unspecified atom stereocenters. The molecule has 16 nitrogen and oxygen atoms in total. The Morgan fingerprint density at radius 1 is 0.233 bits per heavy atom. The zero-order valence-corrected chi connectivity index (χ0v) is 68.4. The summed E-state index contributed by atoms with van der Waals surface area (Å²) in [4.78, 5) is 0. The predicted molar refractivity (Wildman–Crippen MR) is 439 cm³/mol. The molecule has 20 aliphatic rings. The third-order valence-corrected chi connectivity index (χ3v) is 34.7.